The number of amides is 1. The average Bonchev–Trinajstić information content (AvgIpc) is 3.39. The second-order valence-electron chi connectivity index (χ2n) is 7.29. The number of rotatable bonds is 5. The van der Waals surface area contributed by atoms with E-state index >= 15 is 0 Å². The monoisotopic (exact) mass is 430 g/mol. The maximum absolute atomic E-state index is 13.0. The number of aromatic nitrogens is 2. The summed E-state index contributed by atoms with van der Waals surface area (Å²) >= 11 is 0. The van der Waals surface area contributed by atoms with Gasteiger partial charge in [0, 0.05) is 24.3 Å². The summed E-state index contributed by atoms with van der Waals surface area (Å²) < 4.78 is 37.7. The lowest BCUT2D eigenvalue weighted by molar-refractivity contribution is -0.120. The maximum Gasteiger partial charge on any atom is 0.248 e. The summed E-state index contributed by atoms with van der Waals surface area (Å²) in [5.41, 5.74) is 1.81. The zero-order valence-corrected chi connectivity index (χ0v) is 17.5. The van der Waals surface area contributed by atoms with Gasteiger partial charge in [0.05, 0.1) is 12.1 Å². The minimum atomic E-state index is -3.77. The summed E-state index contributed by atoms with van der Waals surface area (Å²) in [5.74, 6) is 0.246. The van der Waals surface area contributed by atoms with Crippen LogP contribution < -0.4 is 5.32 Å². The quantitative estimate of drug-likeness (QED) is 0.661. The highest BCUT2D eigenvalue weighted by Crippen LogP contribution is 2.28. The Hall–Kier alpha value is -2.98. The number of sulfonamides is 1. The number of carbonyl (C=O) groups excluding carboxylic acids is 1. The number of nitrogens with one attached hydrogen (secondary N) is 1. The van der Waals surface area contributed by atoms with Crippen LogP contribution in [0.15, 0.2) is 50.7 Å². The van der Waals surface area contributed by atoms with Crippen molar-refractivity contribution in [1.29, 1.82) is 0 Å². The van der Waals surface area contributed by atoms with E-state index in [1.807, 2.05) is 12.1 Å². The number of nitrogens with zero attached hydrogens (tertiary/aromatic N) is 3. The summed E-state index contributed by atoms with van der Waals surface area (Å²) in [4.78, 5) is 16.8. The molecule has 158 valence electrons. The van der Waals surface area contributed by atoms with Gasteiger partial charge in [-0.2, -0.15) is 4.31 Å². The molecule has 10 heteroatoms. The van der Waals surface area contributed by atoms with E-state index in [9.17, 15) is 13.2 Å². The first-order valence-corrected chi connectivity index (χ1v) is 11.0. The first-order chi connectivity index (χ1) is 14.4. The number of hydrogen-bond acceptors (Lipinski definition) is 7. The average molecular weight is 430 g/mol. The third kappa shape index (κ3) is 3.88. The van der Waals surface area contributed by atoms with Gasteiger partial charge in [-0.3, -0.25) is 4.79 Å². The van der Waals surface area contributed by atoms with Gasteiger partial charge >= 0.3 is 0 Å². The highest BCUT2D eigenvalue weighted by Gasteiger charge is 2.36. The molecule has 2 aromatic heterocycles. The molecule has 3 aromatic rings. The Bertz CT molecular complexity index is 1120. The van der Waals surface area contributed by atoms with Crippen LogP contribution in [0.3, 0.4) is 0 Å². The molecule has 9 nitrogen and oxygen atoms in total. The zero-order valence-electron chi connectivity index (χ0n) is 16.7. The molecule has 0 radical (unpaired) electrons. The number of carbonyl (C=O) groups is 1. The largest absolute Gasteiger partial charge is 0.444 e. The van der Waals surface area contributed by atoms with Crippen molar-refractivity contribution in [2.75, 3.05) is 18.4 Å². The fourth-order valence-corrected chi connectivity index (χ4v) is 5.48. The third-order valence-corrected chi connectivity index (χ3v) is 7.30. The lowest BCUT2D eigenvalue weighted by Gasteiger charge is -2.31. The number of hydrogen-bond donors (Lipinski definition) is 1. The molecule has 1 aliphatic heterocycles. The van der Waals surface area contributed by atoms with Crippen molar-refractivity contribution < 1.29 is 22.2 Å². The van der Waals surface area contributed by atoms with Crippen molar-refractivity contribution in [1.82, 2.24) is 14.4 Å². The molecule has 4 rings (SSSR count). The molecule has 1 amide bonds. The van der Waals surface area contributed by atoms with Gasteiger partial charge in [-0.05, 0) is 51.0 Å². The highest BCUT2D eigenvalue weighted by atomic mass is 32.2. The van der Waals surface area contributed by atoms with E-state index < -0.39 is 15.9 Å². The Balaban J connectivity index is 1.45. The molecule has 1 atom stereocenters. The number of anilines is 1. The molecule has 0 spiro atoms. The molecule has 0 aliphatic carbocycles. The molecule has 1 aliphatic rings. The topological polar surface area (TPSA) is 119 Å². The van der Waals surface area contributed by atoms with Crippen molar-refractivity contribution in [2.45, 2.75) is 31.6 Å². The normalized spacial score (nSPS) is 17.7. The molecular weight excluding hydrogens is 408 g/mol. The van der Waals surface area contributed by atoms with Gasteiger partial charge in [0.2, 0.25) is 15.9 Å². The molecule has 0 bridgehead atoms. The van der Waals surface area contributed by atoms with Crippen LogP contribution in [0.1, 0.15) is 24.3 Å². The lowest BCUT2D eigenvalue weighted by Crippen LogP contribution is -2.43. The van der Waals surface area contributed by atoms with E-state index in [1.54, 1.807) is 32.2 Å². The van der Waals surface area contributed by atoms with Crippen LogP contribution >= 0.6 is 0 Å². The second-order valence-corrected chi connectivity index (χ2v) is 9.16. The standard InChI is InChI=1S/C20H22N4O5S/c1-13-19(14(2)29-23-13)30(26,27)24-9-3-4-16(11-24)20(25)22-17-7-5-15(6-8-17)18-10-21-12-28-18/h5-8,10,12,16H,3-4,9,11H2,1-2H3,(H,22,25). The minimum absolute atomic E-state index is 0.0894. The van der Waals surface area contributed by atoms with E-state index in [1.165, 1.54) is 10.7 Å². The molecular formula is C20H22N4O5S. The highest BCUT2D eigenvalue weighted by molar-refractivity contribution is 7.89. The van der Waals surface area contributed by atoms with E-state index in [2.05, 4.69) is 15.5 Å². The van der Waals surface area contributed by atoms with E-state index in [4.69, 9.17) is 8.94 Å². The van der Waals surface area contributed by atoms with Crippen LogP contribution in [0.25, 0.3) is 11.3 Å². The molecule has 1 fully saturated rings. The van der Waals surface area contributed by atoms with Crippen molar-refractivity contribution in [3.8, 4) is 11.3 Å². The van der Waals surface area contributed by atoms with Crippen LogP contribution in [0.5, 0.6) is 0 Å². The van der Waals surface area contributed by atoms with Crippen LogP contribution in [0.4, 0.5) is 5.69 Å². The van der Waals surface area contributed by atoms with Gasteiger partial charge in [0.1, 0.15) is 10.6 Å². The third-order valence-electron chi connectivity index (χ3n) is 5.19. The van der Waals surface area contributed by atoms with Crippen molar-refractivity contribution >= 4 is 21.6 Å². The summed E-state index contributed by atoms with van der Waals surface area (Å²) in [5, 5.41) is 6.62. The van der Waals surface area contributed by atoms with Crippen LogP contribution in [0, 0.1) is 19.8 Å². The van der Waals surface area contributed by atoms with Crippen LogP contribution in [0.2, 0.25) is 0 Å². The fourth-order valence-electron chi connectivity index (χ4n) is 3.67. The van der Waals surface area contributed by atoms with E-state index in [0.717, 1.165) is 5.56 Å². The maximum atomic E-state index is 13.0. The van der Waals surface area contributed by atoms with E-state index in [0.29, 0.717) is 36.5 Å². The van der Waals surface area contributed by atoms with Gasteiger partial charge < -0.3 is 14.3 Å². The molecule has 30 heavy (non-hydrogen) atoms. The van der Waals surface area contributed by atoms with E-state index in [-0.39, 0.29) is 23.1 Å². The summed E-state index contributed by atoms with van der Waals surface area (Å²) in [6.45, 7) is 3.65. The SMILES string of the molecule is Cc1noc(C)c1S(=O)(=O)N1CCCC(C(=O)Nc2ccc(-c3cnco3)cc2)C1. The van der Waals surface area contributed by atoms with Crippen molar-refractivity contribution in [3.63, 3.8) is 0 Å². The number of aryl methyl sites for hydroxylation is 2. The smallest absolute Gasteiger partial charge is 0.248 e. The minimum Gasteiger partial charge on any atom is -0.444 e. The first kappa shape index (κ1) is 20.3. The second kappa shape index (κ2) is 8.04. The fraction of sp³-hybridized carbons (Fsp3) is 0.350. The lowest BCUT2D eigenvalue weighted by atomic mass is 9.98. The van der Waals surface area contributed by atoms with Gasteiger partial charge in [-0.1, -0.05) is 5.16 Å². The molecule has 3 heterocycles. The van der Waals surface area contributed by atoms with Crippen molar-refractivity contribution in [3.05, 3.63) is 48.3 Å². The number of benzene rings is 1. The Labute approximate surface area is 174 Å². The predicted octanol–water partition coefficient (Wildman–Crippen LogP) is 2.99. The first-order valence-electron chi connectivity index (χ1n) is 9.59. The van der Waals surface area contributed by atoms with Crippen LogP contribution in [-0.4, -0.2) is 41.9 Å². The summed E-state index contributed by atoms with van der Waals surface area (Å²) in [6.07, 6.45) is 4.20. The Kier molecular flexibility index (Phi) is 5.44. The summed E-state index contributed by atoms with van der Waals surface area (Å²) in [6, 6.07) is 7.20. The molecule has 1 aromatic carbocycles. The molecule has 1 N–H and O–H groups in total. The number of piperidine rings is 1. The Morgan fingerprint density at radius 3 is 2.63 bits per heavy atom. The molecule has 1 unspecified atom stereocenters. The number of oxazole rings is 1. The molecule has 1 saturated heterocycles. The van der Waals surface area contributed by atoms with Gasteiger partial charge in [0.15, 0.2) is 17.9 Å². The molecule has 0 saturated carbocycles. The van der Waals surface area contributed by atoms with Gasteiger partial charge in [-0.15, -0.1) is 0 Å². The zero-order chi connectivity index (χ0) is 21.3. The van der Waals surface area contributed by atoms with Gasteiger partial charge in [-0.25, -0.2) is 13.4 Å². The Morgan fingerprint density at radius 2 is 2.00 bits per heavy atom. The van der Waals surface area contributed by atoms with Crippen LogP contribution in [-0.2, 0) is 14.8 Å². The summed E-state index contributed by atoms with van der Waals surface area (Å²) in [7, 11) is -3.77. The predicted molar refractivity (Wildman–Crippen MR) is 108 cm³/mol. The Morgan fingerprint density at radius 1 is 1.23 bits per heavy atom. The van der Waals surface area contributed by atoms with Crippen molar-refractivity contribution in [2.24, 2.45) is 5.92 Å². The van der Waals surface area contributed by atoms with Gasteiger partial charge in [0.25, 0.3) is 0 Å².